The molecule has 3 rings (SSSR count). The van der Waals surface area contributed by atoms with E-state index in [1.807, 2.05) is 17.2 Å². The molecular formula is C19H22FN3O. The molecule has 0 spiro atoms. The molecule has 5 heteroatoms. The molecule has 0 aliphatic carbocycles. The van der Waals surface area contributed by atoms with Crippen molar-refractivity contribution in [2.75, 3.05) is 32.7 Å². The zero-order valence-electron chi connectivity index (χ0n) is 13.7. The summed E-state index contributed by atoms with van der Waals surface area (Å²) in [4.78, 5) is 20.8. The van der Waals surface area contributed by atoms with E-state index in [9.17, 15) is 9.18 Å². The summed E-state index contributed by atoms with van der Waals surface area (Å²) in [6.45, 7) is 4.26. The number of aromatic nitrogens is 1. The molecule has 126 valence electrons. The molecule has 1 fully saturated rings. The van der Waals surface area contributed by atoms with Crippen LogP contribution in [0.25, 0.3) is 0 Å². The fraction of sp³-hybridized carbons (Fsp3) is 0.368. The van der Waals surface area contributed by atoms with Crippen LogP contribution in [-0.4, -0.2) is 53.4 Å². The third-order valence-corrected chi connectivity index (χ3v) is 4.41. The Balaban J connectivity index is 1.42. The van der Waals surface area contributed by atoms with Gasteiger partial charge in [-0.3, -0.25) is 14.7 Å². The molecule has 0 saturated carbocycles. The number of aryl methyl sites for hydroxylation is 1. The number of carbonyl (C=O) groups excluding carboxylic acids is 1. The summed E-state index contributed by atoms with van der Waals surface area (Å²) >= 11 is 0. The maximum atomic E-state index is 12.9. The molecule has 1 aromatic carbocycles. The number of hydrogen-bond donors (Lipinski definition) is 0. The number of carbonyl (C=O) groups is 1. The average Bonchev–Trinajstić information content (AvgIpc) is 2.63. The molecule has 0 unspecified atom stereocenters. The van der Waals surface area contributed by atoms with Crippen molar-refractivity contribution in [3.63, 3.8) is 0 Å². The van der Waals surface area contributed by atoms with E-state index < -0.39 is 0 Å². The van der Waals surface area contributed by atoms with Crippen molar-refractivity contribution in [1.82, 2.24) is 14.8 Å². The minimum atomic E-state index is -0.315. The van der Waals surface area contributed by atoms with Crippen LogP contribution in [0.1, 0.15) is 22.3 Å². The quantitative estimate of drug-likeness (QED) is 0.847. The van der Waals surface area contributed by atoms with Crippen LogP contribution in [0.2, 0.25) is 0 Å². The first-order valence-electron chi connectivity index (χ1n) is 8.38. The van der Waals surface area contributed by atoms with Crippen molar-refractivity contribution in [1.29, 1.82) is 0 Å². The second-order valence-electron chi connectivity index (χ2n) is 6.11. The number of pyridine rings is 1. The average molecular weight is 327 g/mol. The Morgan fingerprint density at radius 3 is 2.50 bits per heavy atom. The van der Waals surface area contributed by atoms with Gasteiger partial charge in [0.15, 0.2) is 0 Å². The number of hydrogen-bond acceptors (Lipinski definition) is 3. The van der Waals surface area contributed by atoms with E-state index in [-0.39, 0.29) is 11.7 Å². The smallest absolute Gasteiger partial charge is 0.253 e. The number of nitrogens with zero attached hydrogens (tertiary/aromatic N) is 3. The van der Waals surface area contributed by atoms with Gasteiger partial charge in [0.25, 0.3) is 5.91 Å². The van der Waals surface area contributed by atoms with Crippen LogP contribution in [0.5, 0.6) is 0 Å². The van der Waals surface area contributed by atoms with Gasteiger partial charge in [0.2, 0.25) is 0 Å². The zero-order valence-corrected chi connectivity index (χ0v) is 13.7. The standard InChI is InChI=1S/C19H22FN3O/c20-18-7-5-17(6-8-18)19(24)23-13-11-22(12-14-23)10-2-4-16-3-1-9-21-15-16/h1,3,5-9,15H,2,4,10-14H2. The van der Waals surface area contributed by atoms with Crippen LogP contribution in [0.4, 0.5) is 4.39 Å². The fourth-order valence-electron chi connectivity index (χ4n) is 3.00. The molecule has 2 heterocycles. The second-order valence-corrected chi connectivity index (χ2v) is 6.11. The third-order valence-electron chi connectivity index (χ3n) is 4.41. The van der Waals surface area contributed by atoms with E-state index in [1.54, 1.807) is 18.3 Å². The van der Waals surface area contributed by atoms with Crippen LogP contribution in [-0.2, 0) is 6.42 Å². The van der Waals surface area contributed by atoms with Crippen LogP contribution < -0.4 is 0 Å². The van der Waals surface area contributed by atoms with Gasteiger partial charge in [-0.15, -0.1) is 0 Å². The Morgan fingerprint density at radius 1 is 1.08 bits per heavy atom. The predicted molar refractivity (Wildman–Crippen MR) is 91.3 cm³/mol. The maximum Gasteiger partial charge on any atom is 0.253 e. The molecule has 24 heavy (non-hydrogen) atoms. The van der Waals surface area contributed by atoms with Gasteiger partial charge < -0.3 is 4.90 Å². The van der Waals surface area contributed by atoms with Crippen molar-refractivity contribution in [3.05, 3.63) is 65.7 Å². The van der Waals surface area contributed by atoms with Crippen molar-refractivity contribution in [2.24, 2.45) is 0 Å². The minimum Gasteiger partial charge on any atom is -0.336 e. The van der Waals surface area contributed by atoms with Crippen LogP contribution in [0, 0.1) is 5.82 Å². The van der Waals surface area contributed by atoms with Crippen molar-refractivity contribution in [2.45, 2.75) is 12.8 Å². The highest BCUT2D eigenvalue weighted by Gasteiger charge is 2.21. The molecule has 1 aromatic heterocycles. The van der Waals surface area contributed by atoms with Gasteiger partial charge >= 0.3 is 0 Å². The molecule has 4 nitrogen and oxygen atoms in total. The maximum absolute atomic E-state index is 12.9. The first kappa shape index (κ1) is 16.6. The lowest BCUT2D eigenvalue weighted by atomic mass is 10.1. The Bertz CT molecular complexity index is 652. The van der Waals surface area contributed by atoms with Gasteiger partial charge in [-0.1, -0.05) is 6.07 Å². The highest BCUT2D eigenvalue weighted by molar-refractivity contribution is 5.94. The van der Waals surface area contributed by atoms with Gasteiger partial charge in [0.05, 0.1) is 0 Å². The molecule has 0 bridgehead atoms. The Morgan fingerprint density at radius 2 is 1.83 bits per heavy atom. The SMILES string of the molecule is O=C(c1ccc(F)cc1)N1CCN(CCCc2cccnc2)CC1. The summed E-state index contributed by atoms with van der Waals surface area (Å²) in [5.41, 5.74) is 1.82. The van der Waals surface area contributed by atoms with E-state index in [1.165, 1.54) is 17.7 Å². The number of amides is 1. The number of rotatable bonds is 5. The van der Waals surface area contributed by atoms with Gasteiger partial charge in [0.1, 0.15) is 5.82 Å². The first-order valence-corrected chi connectivity index (χ1v) is 8.38. The summed E-state index contributed by atoms with van der Waals surface area (Å²) in [6, 6.07) is 9.85. The van der Waals surface area contributed by atoms with Gasteiger partial charge in [-0.2, -0.15) is 0 Å². The summed E-state index contributed by atoms with van der Waals surface area (Å²) in [6.07, 6.45) is 5.83. The van der Waals surface area contributed by atoms with Gasteiger partial charge in [-0.25, -0.2) is 4.39 Å². The van der Waals surface area contributed by atoms with Crippen LogP contribution >= 0.6 is 0 Å². The topological polar surface area (TPSA) is 36.4 Å². The molecule has 2 aromatic rings. The lowest BCUT2D eigenvalue weighted by molar-refractivity contribution is 0.0636. The van der Waals surface area contributed by atoms with Crippen molar-refractivity contribution >= 4 is 5.91 Å². The molecular weight excluding hydrogens is 305 g/mol. The molecule has 1 amide bonds. The highest BCUT2D eigenvalue weighted by atomic mass is 19.1. The third kappa shape index (κ3) is 4.38. The first-order chi connectivity index (χ1) is 11.7. The normalized spacial score (nSPS) is 15.5. The molecule has 0 N–H and O–H groups in total. The summed E-state index contributed by atoms with van der Waals surface area (Å²) in [5.74, 6) is -0.324. The largest absolute Gasteiger partial charge is 0.336 e. The van der Waals surface area contributed by atoms with E-state index in [4.69, 9.17) is 0 Å². The van der Waals surface area contributed by atoms with E-state index in [2.05, 4.69) is 16.0 Å². The molecule has 1 aliphatic rings. The fourth-order valence-corrected chi connectivity index (χ4v) is 3.00. The summed E-state index contributed by atoms with van der Waals surface area (Å²) in [7, 11) is 0. The van der Waals surface area contributed by atoms with E-state index in [0.29, 0.717) is 5.56 Å². The number of piperazine rings is 1. The molecule has 1 aliphatic heterocycles. The number of halogens is 1. The Hall–Kier alpha value is -2.27. The zero-order chi connectivity index (χ0) is 16.8. The van der Waals surface area contributed by atoms with E-state index in [0.717, 1.165) is 45.6 Å². The van der Waals surface area contributed by atoms with Gasteiger partial charge in [0, 0.05) is 44.1 Å². The summed E-state index contributed by atoms with van der Waals surface area (Å²) in [5, 5.41) is 0. The highest BCUT2D eigenvalue weighted by Crippen LogP contribution is 2.11. The minimum absolute atomic E-state index is 0.00925. The van der Waals surface area contributed by atoms with Gasteiger partial charge in [-0.05, 0) is 55.3 Å². The van der Waals surface area contributed by atoms with Crippen molar-refractivity contribution in [3.8, 4) is 0 Å². The second kappa shape index (κ2) is 8.02. The monoisotopic (exact) mass is 327 g/mol. The number of benzene rings is 1. The lowest BCUT2D eigenvalue weighted by Gasteiger charge is -2.34. The Kier molecular flexibility index (Phi) is 5.54. The van der Waals surface area contributed by atoms with Crippen LogP contribution in [0.3, 0.4) is 0 Å². The van der Waals surface area contributed by atoms with Crippen molar-refractivity contribution < 1.29 is 9.18 Å². The van der Waals surface area contributed by atoms with E-state index >= 15 is 0 Å². The Labute approximate surface area is 141 Å². The molecule has 0 radical (unpaired) electrons. The lowest BCUT2D eigenvalue weighted by Crippen LogP contribution is -2.48. The molecule has 0 atom stereocenters. The predicted octanol–water partition coefficient (Wildman–Crippen LogP) is 2.61. The molecule has 1 saturated heterocycles. The summed E-state index contributed by atoms with van der Waals surface area (Å²) < 4.78 is 12.9. The van der Waals surface area contributed by atoms with Crippen LogP contribution in [0.15, 0.2) is 48.8 Å².